The van der Waals surface area contributed by atoms with Gasteiger partial charge in [0.2, 0.25) is 0 Å². The van der Waals surface area contributed by atoms with E-state index in [2.05, 4.69) is 20.8 Å². The third-order valence-corrected chi connectivity index (χ3v) is 8.74. The average Bonchev–Trinajstić information content (AvgIpc) is 2.96. The number of carbonyl (C=O) groups is 1. The van der Waals surface area contributed by atoms with E-state index >= 15 is 0 Å². The van der Waals surface area contributed by atoms with Crippen molar-refractivity contribution < 1.29 is 19.0 Å². The Kier molecular flexibility index (Phi) is 14.1. The quantitative estimate of drug-likeness (QED) is 0.113. The van der Waals surface area contributed by atoms with Crippen LogP contribution in [0.15, 0.2) is 48.5 Å². The summed E-state index contributed by atoms with van der Waals surface area (Å²) in [6.45, 7) is 8.10. The molecule has 3 unspecified atom stereocenters. The van der Waals surface area contributed by atoms with E-state index in [1.54, 1.807) is 12.1 Å². The van der Waals surface area contributed by atoms with Crippen LogP contribution in [0.1, 0.15) is 113 Å². The molecule has 0 N–H and O–H groups in total. The summed E-state index contributed by atoms with van der Waals surface area (Å²) in [4.78, 5) is 12.6. The molecule has 2 aromatic carbocycles. The van der Waals surface area contributed by atoms with E-state index in [0.29, 0.717) is 29.8 Å². The lowest BCUT2D eigenvalue weighted by Crippen LogP contribution is -2.20. The molecule has 1 aliphatic rings. The molecule has 0 spiro atoms. The largest absolute Gasteiger partial charge is 0.493 e. The van der Waals surface area contributed by atoms with Gasteiger partial charge in [0.15, 0.2) is 0 Å². The van der Waals surface area contributed by atoms with Crippen molar-refractivity contribution in [3.05, 3.63) is 59.7 Å². The van der Waals surface area contributed by atoms with Gasteiger partial charge in [-0.15, -0.1) is 11.8 Å². The minimum absolute atomic E-state index is 0.0575. The van der Waals surface area contributed by atoms with E-state index in [1.807, 2.05) is 48.2 Å². The van der Waals surface area contributed by atoms with Crippen LogP contribution in [0.3, 0.4) is 0 Å². The van der Waals surface area contributed by atoms with Gasteiger partial charge in [0.05, 0.1) is 18.8 Å². The van der Waals surface area contributed by atoms with Crippen LogP contribution in [0.25, 0.3) is 0 Å². The van der Waals surface area contributed by atoms with Crippen LogP contribution in [0, 0.1) is 11.8 Å². The van der Waals surface area contributed by atoms with Crippen LogP contribution in [-0.4, -0.2) is 24.9 Å². The molecule has 1 fully saturated rings. The van der Waals surface area contributed by atoms with E-state index in [-0.39, 0.29) is 11.4 Å². The van der Waals surface area contributed by atoms with Gasteiger partial charge in [0, 0.05) is 5.75 Å². The maximum Gasteiger partial charge on any atom is 0.343 e. The fraction of sp³-hybridized carbons (Fsp3) is 0.606. The first-order valence-corrected chi connectivity index (χ1v) is 15.9. The molecule has 1 aliphatic heterocycles. The number of hydrogen-bond donors (Lipinski definition) is 0. The molecule has 1 saturated heterocycles. The van der Waals surface area contributed by atoms with Crippen molar-refractivity contribution >= 4 is 17.7 Å². The fourth-order valence-corrected chi connectivity index (χ4v) is 5.78. The maximum absolute atomic E-state index is 12.6. The van der Waals surface area contributed by atoms with Crippen LogP contribution in [0.2, 0.25) is 0 Å². The average molecular weight is 541 g/mol. The van der Waals surface area contributed by atoms with Crippen LogP contribution in [0.4, 0.5) is 0 Å². The zero-order valence-corrected chi connectivity index (χ0v) is 24.6. The summed E-state index contributed by atoms with van der Waals surface area (Å²) in [7, 11) is 0. The SMILES string of the molecule is CCCCCCCCCCCC1COC(c2ccc(OC(=O)c3ccc(OCC(C)CC)cc3)cc2)SC1. The van der Waals surface area contributed by atoms with E-state index in [0.717, 1.165) is 30.1 Å². The Morgan fingerprint density at radius 1 is 0.895 bits per heavy atom. The zero-order valence-electron chi connectivity index (χ0n) is 23.8. The molecule has 38 heavy (non-hydrogen) atoms. The molecule has 2 aromatic rings. The Hall–Kier alpha value is -1.98. The number of unbranched alkanes of at least 4 members (excludes halogenated alkanes) is 8. The van der Waals surface area contributed by atoms with Crippen molar-refractivity contribution in [1.29, 1.82) is 0 Å². The summed E-state index contributed by atoms with van der Waals surface area (Å²) in [6, 6.07) is 14.9. The van der Waals surface area contributed by atoms with E-state index < -0.39 is 0 Å². The molecule has 1 heterocycles. The summed E-state index contributed by atoms with van der Waals surface area (Å²) >= 11 is 1.89. The Balaban J connectivity index is 1.32. The molecule has 3 rings (SSSR count). The van der Waals surface area contributed by atoms with Gasteiger partial charge in [0.25, 0.3) is 0 Å². The highest BCUT2D eigenvalue weighted by Gasteiger charge is 2.23. The summed E-state index contributed by atoms with van der Waals surface area (Å²) in [5.41, 5.74) is 1.69. The topological polar surface area (TPSA) is 44.8 Å². The number of benzene rings is 2. The van der Waals surface area contributed by atoms with Gasteiger partial charge in [-0.05, 0) is 60.2 Å². The smallest absolute Gasteiger partial charge is 0.343 e. The Bertz CT molecular complexity index is 904. The van der Waals surface area contributed by atoms with Crippen molar-refractivity contribution in [3.63, 3.8) is 0 Å². The second kappa shape index (κ2) is 17.6. The third-order valence-electron chi connectivity index (χ3n) is 7.37. The molecule has 5 heteroatoms. The highest BCUT2D eigenvalue weighted by atomic mass is 32.2. The van der Waals surface area contributed by atoms with Crippen LogP contribution >= 0.6 is 11.8 Å². The van der Waals surface area contributed by atoms with Gasteiger partial charge in [-0.25, -0.2) is 4.79 Å². The Morgan fingerprint density at radius 3 is 2.13 bits per heavy atom. The molecule has 0 aliphatic carbocycles. The Morgan fingerprint density at radius 2 is 1.53 bits per heavy atom. The van der Waals surface area contributed by atoms with Crippen molar-refractivity contribution in [2.75, 3.05) is 19.0 Å². The summed E-state index contributed by atoms with van der Waals surface area (Å²) in [5.74, 6) is 3.26. The second-order valence-electron chi connectivity index (χ2n) is 10.8. The van der Waals surface area contributed by atoms with Crippen molar-refractivity contribution in [1.82, 2.24) is 0 Å². The minimum Gasteiger partial charge on any atom is -0.493 e. The number of thioether (sulfide) groups is 1. The van der Waals surface area contributed by atoms with E-state index in [9.17, 15) is 4.79 Å². The first-order chi connectivity index (χ1) is 18.6. The lowest BCUT2D eigenvalue weighted by molar-refractivity contribution is 0.0724. The van der Waals surface area contributed by atoms with Crippen LogP contribution in [-0.2, 0) is 4.74 Å². The highest BCUT2D eigenvalue weighted by Crippen LogP contribution is 2.38. The Labute approximate surface area is 235 Å². The van der Waals surface area contributed by atoms with Crippen molar-refractivity contribution in [2.24, 2.45) is 11.8 Å². The number of esters is 1. The second-order valence-corrected chi connectivity index (χ2v) is 11.9. The molecule has 0 aromatic heterocycles. The first-order valence-electron chi connectivity index (χ1n) is 14.9. The molecule has 3 atom stereocenters. The molecular formula is C33H48O4S. The van der Waals surface area contributed by atoms with Crippen molar-refractivity contribution in [2.45, 2.75) is 96.8 Å². The maximum atomic E-state index is 12.6. The molecule has 4 nitrogen and oxygen atoms in total. The molecule has 0 radical (unpaired) electrons. The molecule has 0 bridgehead atoms. The normalized spacial score (nSPS) is 18.2. The van der Waals surface area contributed by atoms with Gasteiger partial charge in [-0.1, -0.05) is 97.1 Å². The molecule has 0 amide bonds. The van der Waals surface area contributed by atoms with Gasteiger partial charge in [-0.3, -0.25) is 0 Å². The number of rotatable bonds is 17. The summed E-state index contributed by atoms with van der Waals surface area (Å²) in [6.07, 6.45) is 14.7. The monoisotopic (exact) mass is 540 g/mol. The number of hydrogen-bond acceptors (Lipinski definition) is 5. The van der Waals surface area contributed by atoms with Crippen LogP contribution < -0.4 is 9.47 Å². The number of ether oxygens (including phenoxy) is 3. The standard InChI is InChI=1S/C33H48O4S/c1-4-6-7-8-9-10-11-12-13-14-27-24-36-33(38-25-27)29-17-21-31(22-18-29)37-32(34)28-15-19-30(20-16-28)35-23-26(3)5-2/h15-22,26-27,33H,4-14,23-25H2,1-3H3. The predicted molar refractivity (Wildman–Crippen MR) is 159 cm³/mol. The van der Waals surface area contributed by atoms with E-state index in [1.165, 1.54) is 64.2 Å². The zero-order chi connectivity index (χ0) is 27.0. The lowest BCUT2D eigenvalue weighted by Gasteiger charge is -2.29. The molecule has 210 valence electrons. The van der Waals surface area contributed by atoms with Gasteiger partial charge in [-0.2, -0.15) is 0 Å². The summed E-state index contributed by atoms with van der Waals surface area (Å²) < 4.78 is 17.6. The molecule has 0 saturated carbocycles. The lowest BCUT2D eigenvalue weighted by atomic mass is 10.0. The van der Waals surface area contributed by atoms with Crippen molar-refractivity contribution in [3.8, 4) is 11.5 Å². The van der Waals surface area contributed by atoms with Crippen LogP contribution in [0.5, 0.6) is 11.5 Å². The fourth-order valence-electron chi connectivity index (χ4n) is 4.55. The molecular weight excluding hydrogens is 492 g/mol. The summed E-state index contributed by atoms with van der Waals surface area (Å²) in [5, 5.41) is 0. The third kappa shape index (κ3) is 11.0. The van der Waals surface area contributed by atoms with Gasteiger partial charge < -0.3 is 14.2 Å². The van der Waals surface area contributed by atoms with E-state index in [4.69, 9.17) is 14.2 Å². The predicted octanol–water partition coefficient (Wildman–Crippen LogP) is 9.63. The van der Waals surface area contributed by atoms with Gasteiger partial charge >= 0.3 is 5.97 Å². The minimum atomic E-state index is -0.367. The van der Waals surface area contributed by atoms with Gasteiger partial charge in [0.1, 0.15) is 16.9 Å². The highest BCUT2D eigenvalue weighted by molar-refractivity contribution is 7.99. The number of carbonyl (C=O) groups excluding carboxylic acids is 1. The first kappa shape index (κ1) is 30.6.